The third-order valence-corrected chi connectivity index (χ3v) is 4.23. The quantitative estimate of drug-likeness (QED) is 0.208. The van der Waals surface area contributed by atoms with Crippen LogP contribution in [0.15, 0.2) is 70.5 Å². The predicted octanol–water partition coefficient (Wildman–Crippen LogP) is 3.35. The van der Waals surface area contributed by atoms with Crippen LogP contribution in [-0.4, -0.2) is 54.5 Å². The summed E-state index contributed by atoms with van der Waals surface area (Å²) in [5.41, 5.74) is 2.15. The van der Waals surface area contributed by atoms with E-state index in [0.717, 1.165) is 35.9 Å². The number of aliphatic imine (C=N–C) groups is 1. The first-order chi connectivity index (χ1) is 13.8. The van der Waals surface area contributed by atoms with E-state index in [4.69, 9.17) is 9.15 Å². The third kappa shape index (κ3) is 7.21. The van der Waals surface area contributed by atoms with Gasteiger partial charge in [0.2, 0.25) is 0 Å². The summed E-state index contributed by atoms with van der Waals surface area (Å²) < 4.78 is 12.4. The van der Waals surface area contributed by atoms with Crippen molar-refractivity contribution in [1.29, 1.82) is 0 Å². The van der Waals surface area contributed by atoms with Crippen LogP contribution in [0.25, 0.3) is 5.69 Å². The zero-order valence-electron chi connectivity index (χ0n) is 16.8. The average molecular weight is 509 g/mol. The van der Waals surface area contributed by atoms with Gasteiger partial charge in [0.1, 0.15) is 5.76 Å². The first-order valence-electron chi connectivity index (χ1n) is 9.36. The van der Waals surface area contributed by atoms with E-state index in [1.165, 1.54) is 0 Å². The molecule has 1 N–H and O–H groups in total. The number of nitrogens with one attached hydrogen (secondary N) is 1. The molecule has 0 spiro atoms. The van der Waals surface area contributed by atoms with Gasteiger partial charge in [-0.05, 0) is 24.3 Å². The Bertz CT molecular complexity index is 849. The molecule has 0 saturated heterocycles. The molecule has 0 atom stereocenters. The molecule has 1 aromatic carbocycles. The summed E-state index contributed by atoms with van der Waals surface area (Å²) in [6.45, 7) is 2.63. The Hall–Kier alpha value is -2.33. The summed E-state index contributed by atoms with van der Waals surface area (Å²) in [5, 5.41) is 7.88. The average Bonchev–Trinajstić information content (AvgIpc) is 3.40. The normalized spacial score (nSPS) is 11.2. The molecule has 2 heterocycles. The molecule has 0 radical (unpaired) electrons. The van der Waals surface area contributed by atoms with Gasteiger partial charge in [-0.15, -0.1) is 24.0 Å². The van der Waals surface area contributed by atoms with Crippen LogP contribution in [0.5, 0.6) is 0 Å². The molecule has 7 nitrogen and oxygen atoms in total. The largest absolute Gasteiger partial charge is 0.469 e. The van der Waals surface area contributed by atoms with Crippen molar-refractivity contribution in [1.82, 2.24) is 20.0 Å². The highest BCUT2D eigenvalue weighted by Gasteiger charge is 2.09. The zero-order chi connectivity index (χ0) is 19.6. The molecule has 0 aliphatic rings. The number of para-hydroxylation sites is 1. The summed E-state index contributed by atoms with van der Waals surface area (Å²) in [5.74, 6) is 1.78. The van der Waals surface area contributed by atoms with Crippen LogP contribution in [0.3, 0.4) is 0 Å². The minimum Gasteiger partial charge on any atom is -0.469 e. The molecule has 0 aliphatic carbocycles. The number of methoxy groups -OCH3 is 1. The zero-order valence-corrected chi connectivity index (χ0v) is 19.2. The fourth-order valence-electron chi connectivity index (χ4n) is 2.82. The molecular formula is C21H28IN5O2. The fourth-order valence-corrected chi connectivity index (χ4v) is 2.82. The second-order valence-electron chi connectivity index (χ2n) is 6.44. The van der Waals surface area contributed by atoms with E-state index in [1.54, 1.807) is 13.4 Å². The van der Waals surface area contributed by atoms with E-state index in [2.05, 4.69) is 20.3 Å². The molecular weight excluding hydrogens is 481 g/mol. The maximum absolute atomic E-state index is 5.39. The lowest BCUT2D eigenvalue weighted by Gasteiger charge is -2.22. The van der Waals surface area contributed by atoms with Crippen molar-refractivity contribution < 1.29 is 9.15 Å². The van der Waals surface area contributed by atoms with Gasteiger partial charge in [0.25, 0.3) is 0 Å². The molecule has 0 aliphatic heterocycles. The Labute approximate surface area is 188 Å². The van der Waals surface area contributed by atoms with Gasteiger partial charge >= 0.3 is 0 Å². The van der Waals surface area contributed by atoms with Crippen molar-refractivity contribution in [3.05, 3.63) is 72.4 Å². The molecule has 0 amide bonds. The number of hydrogen-bond donors (Lipinski definition) is 1. The lowest BCUT2D eigenvalue weighted by atomic mass is 10.3. The topological polar surface area (TPSA) is 67.8 Å². The van der Waals surface area contributed by atoms with E-state index in [9.17, 15) is 0 Å². The van der Waals surface area contributed by atoms with Gasteiger partial charge < -0.3 is 19.4 Å². The van der Waals surface area contributed by atoms with Gasteiger partial charge in [-0.2, -0.15) is 5.10 Å². The summed E-state index contributed by atoms with van der Waals surface area (Å²) in [6, 6.07) is 14.0. The fraction of sp³-hybridized carbons (Fsp3) is 0.333. The molecule has 0 bridgehead atoms. The first kappa shape index (κ1) is 23.0. The number of aromatic nitrogens is 2. The molecule has 8 heteroatoms. The van der Waals surface area contributed by atoms with Crippen molar-refractivity contribution in [3.63, 3.8) is 0 Å². The number of hydrogen-bond acceptors (Lipinski definition) is 4. The van der Waals surface area contributed by atoms with E-state index >= 15 is 0 Å². The van der Waals surface area contributed by atoms with Crippen LogP contribution in [0.1, 0.15) is 11.3 Å². The second kappa shape index (κ2) is 12.3. The van der Waals surface area contributed by atoms with Crippen molar-refractivity contribution >= 4 is 29.9 Å². The smallest absolute Gasteiger partial charge is 0.194 e. The van der Waals surface area contributed by atoms with Gasteiger partial charge in [-0.25, -0.2) is 4.68 Å². The Balaban J connectivity index is 0.00000300. The van der Waals surface area contributed by atoms with Crippen molar-refractivity contribution in [2.24, 2.45) is 4.99 Å². The number of guanidine groups is 1. The minimum atomic E-state index is 0. The highest BCUT2D eigenvalue weighted by molar-refractivity contribution is 14.0. The Morgan fingerprint density at radius 1 is 1.24 bits per heavy atom. The summed E-state index contributed by atoms with van der Waals surface area (Å²) in [7, 11) is 3.70. The number of ether oxygens (including phenoxy) is 1. The van der Waals surface area contributed by atoms with E-state index in [-0.39, 0.29) is 24.0 Å². The van der Waals surface area contributed by atoms with E-state index < -0.39 is 0 Å². The van der Waals surface area contributed by atoms with Crippen molar-refractivity contribution in [3.8, 4) is 5.69 Å². The molecule has 156 valence electrons. The van der Waals surface area contributed by atoms with Gasteiger partial charge in [0.15, 0.2) is 5.96 Å². The molecule has 2 aromatic heterocycles. The van der Waals surface area contributed by atoms with Crippen LogP contribution in [-0.2, 0) is 17.7 Å². The lowest BCUT2D eigenvalue weighted by molar-refractivity contribution is 0.207. The second-order valence-corrected chi connectivity index (χ2v) is 6.44. The highest BCUT2D eigenvalue weighted by Crippen LogP contribution is 2.09. The predicted molar refractivity (Wildman–Crippen MR) is 125 cm³/mol. The molecule has 0 unspecified atom stereocenters. The maximum Gasteiger partial charge on any atom is 0.194 e. The Morgan fingerprint density at radius 2 is 2.07 bits per heavy atom. The van der Waals surface area contributed by atoms with Gasteiger partial charge in [-0.3, -0.25) is 4.99 Å². The molecule has 3 rings (SSSR count). The number of furan rings is 1. The Morgan fingerprint density at radius 3 is 2.79 bits per heavy atom. The molecule has 29 heavy (non-hydrogen) atoms. The summed E-state index contributed by atoms with van der Waals surface area (Å²) in [4.78, 5) is 6.73. The summed E-state index contributed by atoms with van der Waals surface area (Å²) in [6.07, 6.45) is 6.43. The van der Waals surface area contributed by atoms with Gasteiger partial charge in [0, 0.05) is 45.4 Å². The standard InChI is InChI=1S/C21H27N5O2.HI/c1-25(16-18-15-24-26(17-18)19-7-4-3-5-8-19)21(23-12-14-27-2)22-11-10-20-9-6-13-28-20;/h3-9,13,15,17H,10-12,14,16H2,1-2H3,(H,22,23);1H. The maximum atomic E-state index is 5.39. The van der Waals surface area contributed by atoms with Crippen LogP contribution in [0.4, 0.5) is 0 Å². The number of benzene rings is 1. The minimum absolute atomic E-state index is 0. The van der Waals surface area contributed by atoms with E-state index in [0.29, 0.717) is 19.7 Å². The number of halogens is 1. The number of nitrogens with zero attached hydrogens (tertiary/aromatic N) is 4. The SMILES string of the molecule is COCCN=C(NCCc1ccco1)N(C)Cc1cnn(-c2ccccc2)c1.I. The van der Waals surface area contributed by atoms with Crippen LogP contribution < -0.4 is 5.32 Å². The van der Waals surface area contributed by atoms with Gasteiger partial charge in [-0.1, -0.05) is 18.2 Å². The molecule has 3 aromatic rings. The van der Waals surface area contributed by atoms with Crippen LogP contribution >= 0.6 is 24.0 Å². The summed E-state index contributed by atoms with van der Waals surface area (Å²) >= 11 is 0. The Kier molecular flexibility index (Phi) is 9.72. The lowest BCUT2D eigenvalue weighted by Crippen LogP contribution is -2.39. The van der Waals surface area contributed by atoms with Crippen molar-refractivity contribution in [2.75, 3.05) is 33.9 Å². The molecule has 0 saturated carbocycles. The molecule has 0 fully saturated rings. The van der Waals surface area contributed by atoms with Crippen molar-refractivity contribution in [2.45, 2.75) is 13.0 Å². The monoisotopic (exact) mass is 509 g/mol. The van der Waals surface area contributed by atoms with Crippen LogP contribution in [0.2, 0.25) is 0 Å². The number of rotatable bonds is 9. The first-order valence-corrected chi connectivity index (χ1v) is 9.36. The van der Waals surface area contributed by atoms with Gasteiger partial charge in [0.05, 0.1) is 31.3 Å². The van der Waals surface area contributed by atoms with E-state index in [1.807, 2.05) is 66.6 Å². The highest BCUT2D eigenvalue weighted by atomic mass is 127. The van der Waals surface area contributed by atoms with Crippen LogP contribution in [0, 0.1) is 0 Å². The third-order valence-electron chi connectivity index (χ3n) is 4.23.